The van der Waals surface area contributed by atoms with Crippen LogP contribution in [0.5, 0.6) is 0 Å². The van der Waals surface area contributed by atoms with Crippen LogP contribution in [0.2, 0.25) is 0 Å². The number of anilines is 2. The lowest BCUT2D eigenvalue weighted by molar-refractivity contribution is -0.116. The molecular formula is C17H27N3O3S. The Morgan fingerprint density at radius 1 is 1.21 bits per heavy atom. The van der Waals surface area contributed by atoms with E-state index in [1.54, 1.807) is 0 Å². The van der Waals surface area contributed by atoms with E-state index in [0.717, 1.165) is 25.0 Å². The van der Waals surface area contributed by atoms with Gasteiger partial charge < -0.3 is 10.2 Å². The van der Waals surface area contributed by atoms with E-state index < -0.39 is 10.0 Å². The molecule has 134 valence electrons. The zero-order valence-corrected chi connectivity index (χ0v) is 15.5. The van der Waals surface area contributed by atoms with Gasteiger partial charge in [0.2, 0.25) is 15.9 Å². The molecule has 1 rings (SSSR count). The van der Waals surface area contributed by atoms with E-state index in [-0.39, 0.29) is 25.4 Å². The second-order valence-corrected chi connectivity index (χ2v) is 7.41. The first-order chi connectivity index (χ1) is 11.3. The molecule has 1 aromatic carbocycles. The van der Waals surface area contributed by atoms with Gasteiger partial charge in [-0.25, -0.2) is 8.42 Å². The molecule has 0 radical (unpaired) electrons. The van der Waals surface area contributed by atoms with Crippen molar-refractivity contribution in [2.75, 3.05) is 42.7 Å². The predicted molar refractivity (Wildman–Crippen MR) is 99.9 cm³/mol. The Labute approximate surface area is 145 Å². The van der Waals surface area contributed by atoms with Crippen LogP contribution in [-0.2, 0) is 14.8 Å². The third-order valence-electron chi connectivity index (χ3n) is 3.67. The third-order valence-corrected chi connectivity index (χ3v) is 4.94. The van der Waals surface area contributed by atoms with Crippen LogP contribution < -0.4 is 10.2 Å². The van der Waals surface area contributed by atoms with Gasteiger partial charge in [-0.1, -0.05) is 6.08 Å². The number of benzene rings is 1. The van der Waals surface area contributed by atoms with E-state index in [1.165, 1.54) is 10.4 Å². The number of carbonyl (C=O) groups excluding carboxylic acids is 1. The van der Waals surface area contributed by atoms with Gasteiger partial charge in [0.25, 0.3) is 0 Å². The fraction of sp³-hybridized carbons (Fsp3) is 0.471. The highest BCUT2D eigenvalue weighted by Crippen LogP contribution is 2.17. The maximum atomic E-state index is 12.0. The number of nitrogens with one attached hydrogen (secondary N) is 1. The van der Waals surface area contributed by atoms with Crippen LogP contribution in [0.15, 0.2) is 36.9 Å². The zero-order valence-electron chi connectivity index (χ0n) is 14.7. The van der Waals surface area contributed by atoms with E-state index in [2.05, 4.69) is 30.6 Å². The number of sulfonamides is 1. The number of amides is 1. The van der Waals surface area contributed by atoms with Gasteiger partial charge in [0.1, 0.15) is 0 Å². The van der Waals surface area contributed by atoms with Crippen LogP contribution >= 0.6 is 0 Å². The van der Waals surface area contributed by atoms with E-state index in [1.807, 2.05) is 24.3 Å². The van der Waals surface area contributed by atoms with Crippen molar-refractivity contribution in [3.63, 3.8) is 0 Å². The average Bonchev–Trinajstić information content (AvgIpc) is 2.53. The first-order valence-corrected chi connectivity index (χ1v) is 9.87. The Morgan fingerprint density at radius 2 is 1.79 bits per heavy atom. The number of hydrogen-bond donors (Lipinski definition) is 1. The lowest BCUT2D eigenvalue weighted by atomic mass is 10.2. The molecule has 0 fully saturated rings. The molecule has 7 heteroatoms. The maximum absolute atomic E-state index is 12.0. The quantitative estimate of drug-likeness (QED) is 0.655. The highest BCUT2D eigenvalue weighted by molar-refractivity contribution is 7.88. The molecule has 0 saturated heterocycles. The highest BCUT2D eigenvalue weighted by Gasteiger charge is 2.16. The summed E-state index contributed by atoms with van der Waals surface area (Å²) < 4.78 is 24.4. The van der Waals surface area contributed by atoms with Crippen molar-refractivity contribution in [3.05, 3.63) is 36.9 Å². The maximum Gasteiger partial charge on any atom is 0.225 e. The SMILES string of the molecule is C=CCN(CCC(=O)Nc1ccc(N(CC)CC)cc1)S(C)(=O)=O. The minimum absolute atomic E-state index is 0.0959. The molecule has 6 nitrogen and oxygen atoms in total. The minimum atomic E-state index is -3.34. The average molecular weight is 353 g/mol. The van der Waals surface area contributed by atoms with Crippen LogP contribution in [0, 0.1) is 0 Å². The van der Waals surface area contributed by atoms with E-state index >= 15 is 0 Å². The molecule has 0 aromatic heterocycles. The van der Waals surface area contributed by atoms with E-state index in [0.29, 0.717) is 5.69 Å². The Balaban J connectivity index is 2.60. The topological polar surface area (TPSA) is 69.7 Å². The molecule has 1 aromatic rings. The molecule has 24 heavy (non-hydrogen) atoms. The first kappa shape index (κ1) is 20.2. The van der Waals surface area contributed by atoms with Gasteiger partial charge in [0, 0.05) is 44.0 Å². The second-order valence-electron chi connectivity index (χ2n) is 5.43. The molecule has 0 unspecified atom stereocenters. The van der Waals surface area contributed by atoms with Gasteiger partial charge in [0.05, 0.1) is 6.26 Å². The molecule has 0 spiro atoms. The Kier molecular flexibility index (Phi) is 7.94. The van der Waals surface area contributed by atoms with Gasteiger partial charge in [-0.15, -0.1) is 6.58 Å². The summed E-state index contributed by atoms with van der Waals surface area (Å²) in [5.41, 5.74) is 1.80. The van der Waals surface area contributed by atoms with E-state index in [9.17, 15) is 13.2 Å². The minimum Gasteiger partial charge on any atom is -0.372 e. The van der Waals surface area contributed by atoms with Crippen molar-refractivity contribution in [2.24, 2.45) is 0 Å². The van der Waals surface area contributed by atoms with Crippen LogP contribution in [0.25, 0.3) is 0 Å². The largest absolute Gasteiger partial charge is 0.372 e. The highest BCUT2D eigenvalue weighted by atomic mass is 32.2. The van der Waals surface area contributed by atoms with E-state index in [4.69, 9.17) is 0 Å². The van der Waals surface area contributed by atoms with Crippen LogP contribution in [0.4, 0.5) is 11.4 Å². The van der Waals surface area contributed by atoms with Crippen LogP contribution in [0.1, 0.15) is 20.3 Å². The van der Waals surface area contributed by atoms with Crippen molar-refractivity contribution >= 4 is 27.3 Å². The summed E-state index contributed by atoms with van der Waals surface area (Å²) in [6, 6.07) is 7.62. The van der Waals surface area contributed by atoms with Crippen LogP contribution in [0.3, 0.4) is 0 Å². The molecule has 0 aliphatic rings. The Bertz CT molecular complexity index is 638. The molecular weight excluding hydrogens is 326 g/mol. The zero-order chi connectivity index (χ0) is 18.2. The number of rotatable bonds is 10. The monoisotopic (exact) mass is 353 g/mol. The Hall–Kier alpha value is -1.86. The summed E-state index contributed by atoms with van der Waals surface area (Å²) >= 11 is 0. The third kappa shape index (κ3) is 6.33. The normalized spacial score (nSPS) is 11.3. The van der Waals surface area contributed by atoms with Gasteiger partial charge in [0.15, 0.2) is 0 Å². The summed E-state index contributed by atoms with van der Waals surface area (Å²) in [5, 5.41) is 2.79. The van der Waals surface area contributed by atoms with Gasteiger partial charge >= 0.3 is 0 Å². The van der Waals surface area contributed by atoms with Gasteiger partial charge in [-0.05, 0) is 38.1 Å². The lowest BCUT2D eigenvalue weighted by Gasteiger charge is -2.21. The fourth-order valence-corrected chi connectivity index (χ4v) is 3.13. The molecule has 0 aliphatic carbocycles. The summed E-state index contributed by atoms with van der Waals surface area (Å²) in [7, 11) is -3.34. The van der Waals surface area contributed by atoms with Crippen molar-refractivity contribution in [2.45, 2.75) is 20.3 Å². The van der Waals surface area contributed by atoms with Crippen molar-refractivity contribution in [1.29, 1.82) is 0 Å². The van der Waals surface area contributed by atoms with Crippen molar-refractivity contribution in [3.8, 4) is 0 Å². The second kappa shape index (κ2) is 9.44. The molecule has 1 amide bonds. The molecule has 1 N–H and O–H groups in total. The molecule has 0 saturated carbocycles. The lowest BCUT2D eigenvalue weighted by Crippen LogP contribution is -2.33. The van der Waals surface area contributed by atoms with Gasteiger partial charge in [-0.2, -0.15) is 4.31 Å². The molecule has 0 heterocycles. The van der Waals surface area contributed by atoms with Crippen molar-refractivity contribution < 1.29 is 13.2 Å². The fourth-order valence-electron chi connectivity index (χ4n) is 2.33. The summed E-state index contributed by atoms with van der Waals surface area (Å²) in [6.07, 6.45) is 2.73. The summed E-state index contributed by atoms with van der Waals surface area (Å²) in [4.78, 5) is 14.2. The summed E-state index contributed by atoms with van der Waals surface area (Å²) in [6.45, 7) is 9.90. The van der Waals surface area contributed by atoms with Gasteiger partial charge in [-0.3, -0.25) is 4.79 Å². The molecule has 0 atom stereocenters. The number of hydrogen-bond acceptors (Lipinski definition) is 4. The molecule has 0 bridgehead atoms. The Morgan fingerprint density at radius 3 is 2.25 bits per heavy atom. The smallest absolute Gasteiger partial charge is 0.225 e. The number of nitrogens with zero attached hydrogens (tertiary/aromatic N) is 2. The molecule has 0 aliphatic heterocycles. The standard InChI is InChI=1S/C17H27N3O3S/c1-5-13-20(24(4,22)23)14-12-17(21)18-15-8-10-16(11-9-15)19(6-2)7-3/h5,8-11H,1,6-7,12-14H2,2-4H3,(H,18,21). The predicted octanol–water partition coefficient (Wildman–Crippen LogP) is 2.31. The number of carbonyl (C=O) groups is 1. The van der Waals surface area contributed by atoms with Crippen LogP contribution in [-0.4, -0.2) is 51.1 Å². The first-order valence-electron chi connectivity index (χ1n) is 8.02. The van der Waals surface area contributed by atoms with Crippen molar-refractivity contribution in [1.82, 2.24) is 4.31 Å². The summed E-state index contributed by atoms with van der Waals surface area (Å²) in [5.74, 6) is -0.219.